The molecule has 1 unspecified atom stereocenters. The second kappa shape index (κ2) is 8.56. The molecule has 156 valence electrons. The van der Waals surface area contributed by atoms with E-state index in [1.807, 2.05) is 29.6 Å². The number of carbonyl (C=O) groups excluding carboxylic acids is 2. The predicted octanol–water partition coefficient (Wildman–Crippen LogP) is 5.29. The summed E-state index contributed by atoms with van der Waals surface area (Å²) in [6.45, 7) is 3.11. The van der Waals surface area contributed by atoms with E-state index in [1.54, 1.807) is 31.2 Å². The Labute approximate surface area is 190 Å². The van der Waals surface area contributed by atoms with Crippen molar-refractivity contribution in [2.45, 2.75) is 19.9 Å². The standard InChI is InChI=1S/C23H18BrN3O3S/c1-13(21(29)16-5-9-18(10-6-16)26-14(2)28)27-12-25-22-20(23(27)30)19(11-31-22)15-3-7-17(24)8-4-15/h3-13H,1-2H3,(H,26,28). The Kier molecular flexibility index (Phi) is 5.84. The number of carbonyl (C=O) groups is 2. The highest BCUT2D eigenvalue weighted by molar-refractivity contribution is 9.10. The molecule has 0 fully saturated rings. The molecule has 2 aromatic heterocycles. The van der Waals surface area contributed by atoms with Crippen molar-refractivity contribution in [2.75, 3.05) is 5.32 Å². The third-order valence-corrected chi connectivity index (χ3v) is 6.38. The summed E-state index contributed by atoms with van der Waals surface area (Å²) in [5.41, 5.74) is 2.53. The molecular weight excluding hydrogens is 478 g/mol. The third kappa shape index (κ3) is 4.22. The molecule has 31 heavy (non-hydrogen) atoms. The molecule has 4 rings (SSSR count). The van der Waals surface area contributed by atoms with Gasteiger partial charge in [-0.3, -0.25) is 19.0 Å². The average Bonchev–Trinajstić information content (AvgIpc) is 3.19. The van der Waals surface area contributed by atoms with Crippen LogP contribution in [0.4, 0.5) is 5.69 Å². The summed E-state index contributed by atoms with van der Waals surface area (Å²) in [5.74, 6) is -0.395. The van der Waals surface area contributed by atoms with E-state index >= 15 is 0 Å². The van der Waals surface area contributed by atoms with Crippen LogP contribution in [0, 0.1) is 0 Å². The number of hydrogen-bond acceptors (Lipinski definition) is 5. The van der Waals surface area contributed by atoms with E-state index in [-0.39, 0.29) is 17.2 Å². The summed E-state index contributed by atoms with van der Waals surface area (Å²) in [4.78, 5) is 42.6. The van der Waals surface area contributed by atoms with Crippen LogP contribution in [0.5, 0.6) is 0 Å². The molecule has 0 bridgehead atoms. The molecule has 1 N–H and O–H groups in total. The third-order valence-electron chi connectivity index (χ3n) is 4.96. The number of Topliss-reactive ketones (excluding diaryl/α,β-unsaturated/α-hetero) is 1. The first-order chi connectivity index (χ1) is 14.8. The normalized spacial score (nSPS) is 12.0. The second-order valence-electron chi connectivity index (χ2n) is 7.09. The van der Waals surface area contributed by atoms with Gasteiger partial charge in [-0.25, -0.2) is 4.98 Å². The number of anilines is 1. The van der Waals surface area contributed by atoms with Gasteiger partial charge in [0.2, 0.25) is 5.91 Å². The monoisotopic (exact) mass is 495 g/mol. The molecule has 6 nitrogen and oxygen atoms in total. The fraction of sp³-hybridized carbons (Fsp3) is 0.130. The van der Waals surface area contributed by atoms with Gasteiger partial charge in [0.05, 0.1) is 17.8 Å². The van der Waals surface area contributed by atoms with Gasteiger partial charge in [-0.15, -0.1) is 11.3 Å². The van der Waals surface area contributed by atoms with Crippen molar-refractivity contribution in [1.82, 2.24) is 9.55 Å². The second-order valence-corrected chi connectivity index (χ2v) is 8.87. The van der Waals surface area contributed by atoms with E-state index in [0.717, 1.165) is 15.6 Å². The minimum Gasteiger partial charge on any atom is -0.326 e. The predicted molar refractivity (Wildman–Crippen MR) is 127 cm³/mol. The van der Waals surface area contributed by atoms with Crippen LogP contribution >= 0.6 is 27.3 Å². The minimum absolute atomic E-state index is 0.185. The minimum atomic E-state index is -0.728. The van der Waals surface area contributed by atoms with Gasteiger partial charge >= 0.3 is 0 Å². The van der Waals surface area contributed by atoms with Gasteiger partial charge < -0.3 is 5.32 Å². The van der Waals surface area contributed by atoms with Crippen molar-refractivity contribution in [2.24, 2.45) is 0 Å². The van der Waals surface area contributed by atoms with Crippen LogP contribution in [0.2, 0.25) is 0 Å². The van der Waals surface area contributed by atoms with Crippen molar-refractivity contribution < 1.29 is 9.59 Å². The smallest absolute Gasteiger partial charge is 0.263 e. The van der Waals surface area contributed by atoms with Crippen molar-refractivity contribution in [1.29, 1.82) is 0 Å². The van der Waals surface area contributed by atoms with Crippen molar-refractivity contribution in [3.63, 3.8) is 0 Å². The van der Waals surface area contributed by atoms with Crippen LogP contribution in [0.3, 0.4) is 0 Å². The number of ketones is 1. The highest BCUT2D eigenvalue weighted by Gasteiger charge is 2.21. The lowest BCUT2D eigenvalue weighted by molar-refractivity contribution is -0.114. The molecule has 2 aromatic carbocycles. The van der Waals surface area contributed by atoms with Gasteiger partial charge in [0, 0.05) is 33.6 Å². The molecule has 0 aliphatic rings. The summed E-state index contributed by atoms with van der Waals surface area (Å²) in [5, 5.41) is 5.09. The average molecular weight is 496 g/mol. The highest BCUT2D eigenvalue weighted by atomic mass is 79.9. The van der Waals surface area contributed by atoms with E-state index in [0.29, 0.717) is 21.5 Å². The maximum Gasteiger partial charge on any atom is 0.263 e. The molecule has 0 radical (unpaired) electrons. The molecule has 0 saturated carbocycles. The lowest BCUT2D eigenvalue weighted by Crippen LogP contribution is -2.28. The fourth-order valence-electron chi connectivity index (χ4n) is 3.35. The van der Waals surface area contributed by atoms with E-state index < -0.39 is 6.04 Å². The number of rotatable bonds is 5. The lowest BCUT2D eigenvalue weighted by atomic mass is 10.0. The number of nitrogens with zero attached hydrogens (tertiary/aromatic N) is 2. The van der Waals surface area contributed by atoms with Gasteiger partial charge in [0.1, 0.15) is 4.83 Å². The zero-order chi connectivity index (χ0) is 22.1. The first kappa shape index (κ1) is 21.1. The zero-order valence-corrected chi connectivity index (χ0v) is 19.2. The molecule has 4 aromatic rings. The Hall–Kier alpha value is -3.10. The Morgan fingerprint density at radius 3 is 2.42 bits per heavy atom. The SMILES string of the molecule is CC(=O)Nc1ccc(C(=O)C(C)n2cnc3scc(-c4ccc(Br)cc4)c3c2=O)cc1. The Morgan fingerprint density at radius 1 is 1.10 bits per heavy atom. The van der Waals surface area contributed by atoms with Crippen LogP contribution in [0.25, 0.3) is 21.3 Å². The van der Waals surface area contributed by atoms with E-state index in [1.165, 1.54) is 29.2 Å². The number of hydrogen-bond donors (Lipinski definition) is 1. The summed E-state index contributed by atoms with van der Waals surface area (Å²) < 4.78 is 2.33. The van der Waals surface area contributed by atoms with Crippen molar-refractivity contribution >= 4 is 54.9 Å². The number of fused-ring (bicyclic) bond motifs is 1. The van der Waals surface area contributed by atoms with Gasteiger partial charge in [-0.1, -0.05) is 28.1 Å². The first-order valence-electron chi connectivity index (χ1n) is 9.51. The number of aromatic nitrogens is 2. The summed E-state index contributed by atoms with van der Waals surface area (Å²) in [6, 6.07) is 13.6. The Bertz CT molecular complexity index is 1340. The van der Waals surface area contributed by atoms with Gasteiger partial charge in [0.25, 0.3) is 5.56 Å². The number of halogens is 1. The van der Waals surface area contributed by atoms with Crippen LogP contribution in [0.15, 0.2) is 69.5 Å². The Morgan fingerprint density at radius 2 is 1.77 bits per heavy atom. The number of amides is 1. The molecule has 8 heteroatoms. The molecule has 0 aliphatic carbocycles. The molecule has 1 amide bonds. The molecular formula is C23H18BrN3O3S. The lowest BCUT2D eigenvalue weighted by Gasteiger charge is -2.14. The molecule has 0 saturated heterocycles. The van der Waals surface area contributed by atoms with Gasteiger partial charge in [0.15, 0.2) is 5.78 Å². The summed E-state index contributed by atoms with van der Waals surface area (Å²) in [7, 11) is 0. The largest absolute Gasteiger partial charge is 0.326 e. The molecule has 0 aliphatic heterocycles. The number of thiophene rings is 1. The summed E-state index contributed by atoms with van der Waals surface area (Å²) >= 11 is 4.83. The number of benzene rings is 2. The molecule has 2 heterocycles. The van der Waals surface area contributed by atoms with Gasteiger partial charge in [-0.05, 0) is 48.9 Å². The molecule has 0 spiro atoms. The van der Waals surface area contributed by atoms with E-state index in [2.05, 4.69) is 26.2 Å². The highest BCUT2D eigenvalue weighted by Crippen LogP contribution is 2.31. The molecule has 1 atom stereocenters. The first-order valence-corrected chi connectivity index (χ1v) is 11.2. The fourth-order valence-corrected chi connectivity index (χ4v) is 4.52. The zero-order valence-electron chi connectivity index (χ0n) is 16.8. The Balaban J connectivity index is 1.70. The van der Waals surface area contributed by atoms with Crippen molar-refractivity contribution in [3.8, 4) is 11.1 Å². The summed E-state index contributed by atoms with van der Waals surface area (Å²) in [6.07, 6.45) is 1.43. The van der Waals surface area contributed by atoms with E-state index in [9.17, 15) is 14.4 Å². The van der Waals surface area contributed by atoms with Crippen LogP contribution in [-0.4, -0.2) is 21.2 Å². The topological polar surface area (TPSA) is 81.1 Å². The maximum absolute atomic E-state index is 13.3. The maximum atomic E-state index is 13.3. The van der Waals surface area contributed by atoms with Gasteiger partial charge in [-0.2, -0.15) is 0 Å². The number of nitrogens with one attached hydrogen (secondary N) is 1. The van der Waals surface area contributed by atoms with Crippen LogP contribution < -0.4 is 10.9 Å². The van der Waals surface area contributed by atoms with E-state index in [4.69, 9.17) is 0 Å². The van der Waals surface area contributed by atoms with Crippen molar-refractivity contribution in [3.05, 3.63) is 80.6 Å². The van der Waals surface area contributed by atoms with Crippen LogP contribution in [-0.2, 0) is 4.79 Å². The van der Waals surface area contributed by atoms with Crippen LogP contribution in [0.1, 0.15) is 30.2 Å². The quantitative estimate of drug-likeness (QED) is 0.381.